The molecule has 6 nitrogen and oxygen atoms in total. The molecule has 0 radical (unpaired) electrons. The fourth-order valence-corrected chi connectivity index (χ4v) is 6.72. The van der Waals surface area contributed by atoms with Crippen LogP contribution in [0.5, 0.6) is 11.5 Å². The highest BCUT2D eigenvalue weighted by Gasteiger charge is 2.52. The average Bonchev–Trinajstić information content (AvgIpc) is 3.22. The van der Waals surface area contributed by atoms with Crippen molar-refractivity contribution in [2.45, 2.75) is 50.5 Å². The predicted octanol–water partition coefficient (Wildman–Crippen LogP) is 4.35. The van der Waals surface area contributed by atoms with Crippen molar-refractivity contribution in [3.63, 3.8) is 0 Å². The van der Waals surface area contributed by atoms with Crippen molar-refractivity contribution < 1.29 is 9.47 Å². The Labute approximate surface area is 189 Å². The molecule has 0 amide bonds. The molecule has 0 spiro atoms. The van der Waals surface area contributed by atoms with Crippen molar-refractivity contribution in [3.05, 3.63) is 36.0 Å². The van der Waals surface area contributed by atoms with Gasteiger partial charge in [0.1, 0.15) is 0 Å². The van der Waals surface area contributed by atoms with E-state index >= 15 is 0 Å². The molecule has 4 bridgehead atoms. The Morgan fingerprint density at radius 1 is 1.06 bits per heavy atom. The molecular formula is C24H32N4O2S. The Hall–Kier alpha value is -2.28. The summed E-state index contributed by atoms with van der Waals surface area (Å²) in [6.45, 7) is 0.733. The summed E-state index contributed by atoms with van der Waals surface area (Å²) in [6.07, 6.45) is 11.2. The van der Waals surface area contributed by atoms with E-state index < -0.39 is 0 Å². The molecule has 4 aliphatic carbocycles. The Balaban J connectivity index is 1.15. The molecule has 0 unspecified atom stereocenters. The van der Waals surface area contributed by atoms with Crippen LogP contribution in [-0.4, -0.2) is 35.7 Å². The molecule has 4 fully saturated rings. The number of nitrogens with one attached hydrogen (secondary N) is 2. The Bertz CT molecular complexity index is 922. The minimum atomic E-state index is 0.247. The monoisotopic (exact) mass is 440 g/mol. The molecule has 31 heavy (non-hydrogen) atoms. The van der Waals surface area contributed by atoms with Gasteiger partial charge in [0.2, 0.25) is 0 Å². The molecule has 4 aliphatic rings. The van der Waals surface area contributed by atoms with E-state index in [1.54, 1.807) is 14.2 Å². The molecule has 7 heteroatoms. The molecule has 0 saturated heterocycles. The number of rotatable bonds is 7. The summed E-state index contributed by atoms with van der Waals surface area (Å²) in [4.78, 5) is 0. The van der Waals surface area contributed by atoms with Crippen molar-refractivity contribution in [1.82, 2.24) is 15.1 Å². The zero-order valence-electron chi connectivity index (χ0n) is 18.4. The van der Waals surface area contributed by atoms with Crippen molar-refractivity contribution in [2.24, 2.45) is 17.8 Å². The van der Waals surface area contributed by atoms with Gasteiger partial charge in [-0.15, -0.1) is 0 Å². The summed E-state index contributed by atoms with van der Waals surface area (Å²) in [5.74, 6) is 5.05. The van der Waals surface area contributed by atoms with Gasteiger partial charge in [0.15, 0.2) is 22.4 Å². The highest BCUT2D eigenvalue weighted by atomic mass is 32.1. The van der Waals surface area contributed by atoms with E-state index in [2.05, 4.69) is 27.6 Å². The Kier molecular flexibility index (Phi) is 5.54. The molecule has 0 aliphatic heterocycles. The fourth-order valence-electron chi connectivity index (χ4n) is 6.52. The van der Waals surface area contributed by atoms with Crippen LogP contribution in [-0.2, 0) is 12.0 Å². The highest BCUT2D eigenvalue weighted by molar-refractivity contribution is 7.80. The zero-order chi connectivity index (χ0) is 21.4. The summed E-state index contributed by atoms with van der Waals surface area (Å²) in [6, 6.07) is 8.04. The second-order valence-electron chi connectivity index (χ2n) is 9.61. The normalized spacial score (nSPS) is 28.4. The van der Waals surface area contributed by atoms with Gasteiger partial charge in [-0.1, -0.05) is 6.07 Å². The Morgan fingerprint density at radius 3 is 2.39 bits per heavy atom. The molecule has 6 rings (SSSR count). The van der Waals surface area contributed by atoms with Crippen LogP contribution in [0.25, 0.3) is 0 Å². The molecule has 2 N–H and O–H groups in total. The molecule has 1 aromatic heterocycles. The fraction of sp³-hybridized carbons (Fsp3) is 0.583. The van der Waals surface area contributed by atoms with Gasteiger partial charge in [0, 0.05) is 18.8 Å². The van der Waals surface area contributed by atoms with Crippen LogP contribution in [0.3, 0.4) is 0 Å². The highest BCUT2D eigenvalue weighted by Crippen LogP contribution is 2.58. The maximum absolute atomic E-state index is 5.50. The van der Waals surface area contributed by atoms with E-state index in [0.29, 0.717) is 5.11 Å². The smallest absolute Gasteiger partial charge is 0.172 e. The third-order valence-corrected chi connectivity index (χ3v) is 7.72. The lowest BCUT2D eigenvalue weighted by Crippen LogP contribution is -2.52. The number of thiocarbonyl (C=S) groups is 1. The first kappa shape index (κ1) is 20.6. The molecular weight excluding hydrogens is 408 g/mol. The number of hydrogen-bond donors (Lipinski definition) is 2. The first-order valence-corrected chi connectivity index (χ1v) is 11.8. The average molecular weight is 441 g/mol. The van der Waals surface area contributed by atoms with E-state index in [-0.39, 0.29) is 5.54 Å². The van der Waals surface area contributed by atoms with Crippen LogP contribution in [0, 0.1) is 17.8 Å². The van der Waals surface area contributed by atoms with Gasteiger partial charge in [-0.3, -0.25) is 4.68 Å². The minimum absolute atomic E-state index is 0.247. The molecule has 1 heterocycles. The van der Waals surface area contributed by atoms with E-state index in [9.17, 15) is 0 Å². The predicted molar refractivity (Wildman–Crippen MR) is 126 cm³/mol. The van der Waals surface area contributed by atoms with Crippen LogP contribution in [0.4, 0.5) is 5.82 Å². The minimum Gasteiger partial charge on any atom is -0.493 e. The van der Waals surface area contributed by atoms with E-state index in [4.69, 9.17) is 26.8 Å². The number of hydrogen-bond acceptors (Lipinski definition) is 4. The van der Waals surface area contributed by atoms with Gasteiger partial charge in [-0.05, 0) is 92.6 Å². The number of aromatic nitrogens is 2. The summed E-state index contributed by atoms with van der Waals surface area (Å²) in [5.41, 5.74) is 1.41. The quantitative estimate of drug-likeness (QED) is 0.624. The lowest BCUT2D eigenvalue weighted by Gasteiger charge is -2.56. The number of benzene rings is 1. The van der Waals surface area contributed by atoms with Crippen molar-refractivity contribution in [2.75, 3.05) is 26.1 Å². The van der Waals surface area contributed by atoms with Gasteiger partial charge in [-0.25, -0.2) is 0 Å². The molecule has 0 atom stereocenters. The van der Waals surface area contributed by atoms with Gasteiger partial charge >= 0.3 is 0 Å². The topological polar surface area (TPSA) is 60.3 Å². The summed E-state index contributed by atoms with van der Waals surface area (Å²) in [5, 5.41) is 12.1. The third kappa shape index (κ3) is 4.12. The number of nitrogens with zero attached hydrogens (tertiary/aromatic N) is 2. The maximum Gasteiger partial charge on any atom is 0.172 e. The van der Waals surface area contributed by atoms with E-state index in [1.165, 1.54) is 44.1 Å². The Morgan fingerprint density at radius 2 is 1.74 bits per heavy atom. The SMILES string of the molecule is COc1ccc(CCNC(=S)Nc2ccn(C34CC5CC(CC(C5)C3)C4)n2)cc1OC. The molecule has 166 valence electrons. The first-order chi connectivity index (χ1) is 15.1. The first-order valence-electron chi connectivity index (χ1n) is 11.4. The lowest BCUT2D eigenvalue weighted by atomic mass is 9.53. The van der Waals surface area contributed by atoms with Crippen molar-refractivity contribution in [1.29, 1.82) is 0 Å². The number of ether oxygens (including phenoxy) is 2. The van der Waals surface area contributed by atoms with Crippen LogP contribution >= 0.6 is 12.2 Å². The van der Waals surface area contributed by atoms with Gasteiger partial charge in [0.25, 0.3) is 0 Å². The maximum atomic E-state index is 5.50. The summed E-state index contributed by atoms with van der Waals surface area (Å²) in [7, 11) is 3.30. The van der Waals surface area contributed by atoms with Crippen LogP contribution in [0.2, 0.25) is 0 Å². The van der Waals surface area contributed by atoms with E-state index in [0.717, 1.165) is 48.0 Å². The third-order valence-electron chi connectivity index (χ3n) is 7.47. The van der Waals surface area contributed by atoms with E-state index in [1.807, 2.05) is 18.2 Å². The van der Waals surface area contributed by atoms with Gasteiger partial charge in [0.05, 0.1) is 19.8 Å². The van der Waals surface area contributed by atoms with Crippen LogP contribution in [0.1, 0.15) is 44.1 Å². The van der Waals surface area contributed by atoms with Crippen molar-refractivity contribution in [3.8, 4) is 11.5 Å². The van der Waals surface area contributed by atoms with Gasteiger partial charge in [-0.2, -0.15) is 5.10 Å². The molecule has 2 aromatic rings. The zero-order valence-corrected chi connectivity index (χ0v) is 19.2. The molecule has 1 aromatic carbocycles. The second-order valence-corrected chi connectivity index (χ2v) is 10.0. The van der Waals surface area contributed by atoms with Crippen LogP contribution in [0.15, 0.2) is 30.5 Å². The van der Waals surface area contributed by atoms with Gasteiger partial charge < -0.3 is 20.1 Å². The summed E-state index contributed by atoms with van der Waals surface area (Å²) >= 11 is 5.50. The number of anilines is 1. The number of methoxy groups -OCH3 is 2. The summed E-state index contributed by atoms with van der Waals surface area (Å²) < 4.78 is 12.9. The lowest BCUT2D eigenvalue weighted by molar-refractivity contribution is -0.0492. The molecule has 4 saturated carbocycles. The second kappa shape index (κ2) is 8.34. The standard InChI is InChI=1S/C24H32N4O2S/c1-29-20-4-3-16(12-21(20)30-2)5-7-25-23(31)26-22-6-8-28(27-22)24-13-17-9-18(14-24)11-19(10-17)15-24/h3-4,6,8,12,17-19H,5,7,9-11,13-15H2,1-2H3,(H2,25,26,27,31). The largest absolute Gasteiger partial charge is 0.493 e. The van der Waals surface area contributed by atoms with Crippen LogP contribution < -0.4 is 20.1 Å². The van der Waals surface area contributed by atoms with Crippen molar-refractivity contribution >= 4 is 23.1 Å².